The predicted octanol–water partition coefficient (Wildman–Crippen LogP) is 3.80. The average Bonchev–Trinajstić information content (AvgIpc) is 2.89. The summed E-state index contributed by atoms with van der Waals surface area (Å²) in [6.07, 6.45) is 0.979. The highest BCUT2D eigenvalue weighted by molar-refractivity contribution is 9.10. The van der Waals surface area contributed by atoms with Gasteiger partial charge in [-0.3, -0.25) is 4.79 Å². The maximum atomic E-state index is 11.1. The van der Waals surface area contributed by atoms with Crippen LogP contribution in [0, 0.1) is 5.92 Å². The van der Waals surface area contributed by atoms with Gasteiger partial charge in [0, 0.05) is 10.4 Å². The number of rotatable bonds is 2. The molecule has 74 valence electrons. The summed E-state index contributed by atoms with van der Waals surface area (Å²) in [7, 11) is 0. The minimum Gasteiger partial charge on any atom is -0.300 e. The zero-order valence-electron chi connectivity index (χ0n) is 7.76. The van der Waals surface area contributed by atoms with Crippen molar-refractivity contribution >= 4 is 33.3 Å². The van der Waals surface area contributed by atoms with E-state index >= 15 is 0 Å². The van der Waals surface area contributed by atoms with E-state index in [9.17, 15) is 4.79 Å². The number of carbonyl (C=O) groups excluding carboxylic acids is 1. The maximum Gasteiger partial charge on any atom is 0.133 e. The van der Waals surface area contributed by atoms with Crippen LogP contribution in [-0.2, 0) is 4.79 Å². The van der Waals surface area contributed by atoms with Gasteiger partial charge in [-0.2, -0.15) is 0 Å². The van der Waals surface area contributed by atoms with E-state index < -0.39 is 0 Å². The van der Waals surface area contributed by atoms with Crippen molar-refractivity contribution in [2.45, 2.75) is 19.3 Å². The molecular weight excluding hydrogens is 263 g/mol. The van der Waals surface area contributed by atoms with E-state index in [-0.39, 0.29) is 11.7 Å². The van der Waals surface area contributed by atoms with Crippen molar-refractivity contribution in [1.82, 2.24) is 0 Å². The smallest absolute Gasteiger partial charge is 0.133 e. The maximum absolute atomic E-state index is 11.1. The zero-order chi connectivity index (χ0) is 10.3. The second kappa shape index (κ2) is 3.67. The lowest BCUT2D eigenvalue weighted by Gasteiger charge is -2.01. The molecule has 0 N–H and O–H groups in total. The highest BCUT2D eigenvalue weighted by Crippen LogP contribution is 2.48. The van der Waals surface area contributed by atoms with Crippen LogP contribution in [0.15, 0.2) is 22.7 Å². The standard InChI is InChI=1S/C11H10BrClO/c1-6(14)8-5-9(8)7-2-3-10(12)11(13)4-7/h2-4,8-9H,5H2,1H3. The van der Waals surface area contributed by atoms with Crippen LogP contribution >= 0.6 is 27.5 Å². The Kier molecular flexibility index (Phi) is 2.67. The molecule has 1 nitrogen and oxygen atoms in total. The Morgan fingerprint density at radius 3 is 2.79 bits per heavy atom. The van der Waals surface area contributed by atoms with Crippen molar-refractivity contribution in [3.63, 3.8) is 0 Å². The molecular formula is C11H10BrClO. The first-order chi connectivity index (χ1) is 6.59. The minimum atomic E-state index is 0.229. The van der Waals surface area contributed by atoms with Gasteiger partial charge in [0.05, 0.1) is 5.02 Å². The van der Waals surface area contributed by atoms with Crippen LogP contribution < -0.4 is 0 Å². The summed E-state index contributed by atoms with van der Waals surface area (Å²) in [6, 6.07) is 5.91. The number of hydrogen-bond acceptors (Lipinski definition) is 1. The fraction of sp³-hybridized carbons (Fsp3) is 0.364. The third-order valence-electron chi connectivity index (χ3n) is 2.68. The molecule has 2 rings (SSSR count). The molecule has 0 aliphatic heterocycles. The summed E-state index contributed by atoms with van der Waals surface area (Å²) in [5.74, 6) is 0.916. The number of Topliss-reactive ketones (excluding diaryl/α,β-unsaturated/α-hetero) is 1. The quantitative estimate of drug-likeness (QED) is 0.801. The Bertz CT molecular complexity index is 389. The molecule has 0 spiro atoms. The Labute approximate surface area is 96.6 Å². The van der Waals surface area contributed by atoms with E-state index in [0.29, 0.717) is 5.92 Å². The molecule has 1 aliphatic rings. The molecule has 0 aromatic heterocycles. The molecule has 2 unspecified atom stereocenters. The normalized spacial score (nSPS) is 24.8. The summed E-state index contributed by atoms with van der Waals surface area (Å²) in [4.78, 5) is 11.1. The van der Waals surface area contributed by atoms with E-state index in [2.05, 4.69) is 15.9 Å². The number of carbonyl (C=O) groups is 1. The van der Waals surface area contributed by atoms with Crippen LogP contribution in [0.3, 0.4) is 0 Å². The topological polar surface area (TPSA) is 17.1 Å². The summed E-state index contributed by atoms with van der Waals surface area (Å²) in [5.41, 5.74) is 1.18. The molecule has 1 aromatic carbocycles. The molecule has 0 bridgehead atoms. The largest absolute Gasteiger partial charge is 0.300 e. The van der Waals surface area contributed by atoms with Gasteiger partial charge in [-0.05, 0) is 52.9 Å². The second-order valence-corrected chi connectivity index (χ2v) is 4.99. The Balaban J connectivity index is 2.20. The van der Waals surface area contributed by atoms with Gasteiger partial charge in [0.25, 0.3) is 0 Å². The van der Waals surface area contributed by atoms with E-state index in [1.54, 1.807) is 6.92 Å². The van der Waals surface area contributed by atoms with Crippen LogP contribution in [0.1, 0.15) is 24.8 Å². The lowest BCUT2D eigenvalue weighted by molar-refractivity contribution is -0.118. The molecule has 0 radical (unpaired) electrons. The van der Waals surface area contributed by atoms with Gasteiger partial charge in [-0.1, -0.05) is 17.7 Å². The van der Waals surface area contributed by atoms with Gasteiger partial charge in [0.15, 0.2) is 0 Å². The van der Waals surface area contributed by atoms with Gasteiger partial charge < -0.3 is 0 Å². The summed E-state index contributed by atoms with van der Waals surface area (Å²) in [5, 5.41) is 0.719. The van der Waals surface area contributed by atoms with Gasteiger partial charge in [-0.25, -0.2) is 0 Å². The highest BCUT2D eigenvalue weighted by Gasteiger charge is 2.41. The van der Waals surface area contributed by atoms with E-state index in [0.717, 1.165) is 15.9 Å². The van der Waals surface area contributed by atoms with Crippen molar-refractivity contribution in [2.75, 3.05) is 0 Å². The molecule has 1 aliphatic carbocycles. The lowest BCUT2D eigenvalue weighted by Crippen LogP contribution is -1.94. The van der Waals surface area contributed by atoms with Crippen LogP contribution in [-0.4, -0.2) is 5.78 Å². The van der Waals surface area contributed by atoms with Crippen LogP contribution in [0.25, 0.3) is 0 Å². The molecule has 1 fully saturated rings. The number of ketones is 1. The van der Waals surface area contributed by atoms with Gasteiger partial charge in [0.1, 0.15) is 5.78 Å². The monoisotopic (exact) mass is 272 g/mol. The van der Waals surface area contributed by atoms with Crippen molar-refractivity contribution in [1.29, 1.82) is 0 Å². The average molecular weight is 274 g/mol. The molecule has 0 heterocycles. The van der Waals surface area contributed by atoms with Gasteiger partial charge in [0.2, 0.25) is 0 Å². The Hall–Kier alpha value is -0.340. The van der Waals surface area contributed by atoms with Gasteiger partial charge in [-0.15, -0.1) is 0 Å². The fourth-order valence-corrected chi connectivity index (χ4v) is 2.19. The number of benzene rings is 1. The first kappa shape index (κ1) is 10.2. The molecule has 0 saturated heterocycles. The summed E-state index contributed by atoms with van der Waals surface area (Å²) in [6.45, 7) is 1.66. The van der Waals surface area contributed by atoms with Crippen molar-refractivity contribution < 1.29 is 4.79 Å². The van der Waals surface area contributed by atoms with Crippen LogP contribution in [0.4, 0.5) is 0 Å². The molecule has 2 atom stereocenters. The third-order valence-corrected chi connectivity index (χ3v) is 3.92. The summed E-state index contributed by atoms with van der Waals surface area (Å²) < 4.78 is 0.906. The van der Waals surface area contributed by atoms with E-state index in [4.69, 9.17) is 11.6 Å². The molecule has 1 aromatic rings. The SMILES string of the molecule is CC(=O)C1CC1c1ccc(Br)c(Cl)c1. The fourth-order valence-electron chi connectivity index (χ4n) is 1.76. The lowest BCUT2D eigenvalue weighted by atomic mass is 10.1. The molecule has 0 amide bonds. The van der Waals surface area contributed by atoms with E-state index in [1.807, 2.05) is 18.2 Å². The van der Waals surface area contributed by atoms with Crippen molar-refractivity contribution in [3.05, 3.63) is 33.3 Å². The van der Waals surface area contributed by atoms with Crippen molar-refractivity contribution in [2.24, 2.45) is 5.92 Å². The van der Waals surface area contributed by atoms with Crippen LogP contribution in [0.2, 0.25) is 5.02 Å². The first-order valence-electron chi connectivity index (χ1n) is 4.55. The second-order valence-electron chi connectivity index (χ2n) is 3.73. The third kappa shape index (κ3) is 1.86. The number of hydrogen-bond donors (Lipinski definition) is 0. The first-order valence-corrected chi connectivity index (χ1v) is 5.72. The minimum absolute atomic E-state index is 0.229. The molecule has 14 heavy (non-hydrogen) atoms. The zero-order valence-corrected chi connectivity index (χ0v) is 10.1. The van der Waals surface area contributed by atoms with Gasteiger partial charge >= 0.3 is 0 Å². The molecule has 3 heteroatoms. The van der Waals surface area contributed by atoms with Crippen LogP contribution in [0.5, 0.6) is 0 Å². The summed E-state index contributed by atoms with van der Waals surface area (Å²) >= 11 is 9.33. The Morgan fingerprint density at radius 2 is 2.29 bits per heavy atom. The highest BCUT2D eigenvalue weighted by atomic mass is 79.9. The van der Waals surface area contributed by atoms with E-state index in [1.165, 1.54) is 5.56 Å². The Morgan fingerprint density at radius 1 is 1.57 bits per heavy atom. The number of halogens is 2. The predicted molar refractivity (Wildman–Crippen MR) is 60.7 cm³/mol. The molecule has 1 saturated carbocycles. The van der Waals surface area contributed by atoms with Crippen molar-refractivity contribution in [3.8, 4) is 0 Å².